The Balaban J connectivity index is 2.25. The predicted octanol–water partition coefficient (Wildman–Crippen LogP) is 3.09. The van der Waals surface area contributed by atoms with Crippen LogP contribution in [0.25, 0.3) is 0 Å². The summed E-state index contributed by atoms with van der Waals surface area (Å²) in [5.41, 5.74) is 6.99. The van der Waals surface area contributed by atoms with E-state index in [0.717, 1.165) is 35.7 Å². The molecule has 102 valence electrons. The number of thiocarbonyl (C=S) groups is 1. The molecule has 1 saturated carbocycles. The maximum atomic E-state index is 12.4. The van der Waals surface area contributed by atoms with E-state index >= 15 is 0 Å². The second kappa shape index (κ2) is 5.59. The summed E-state index contributed by atoms with van der Waals surface area (Å²) in [5, 5.41) is 3.04. The maximum absolute atomic E-state index is 12.4. The molecule has 3 N–H and O–H groups in total. The Morgan fingerprint density at radius 3 is 2.63 bits per heavy atom. The topological polar surface area (TPSA) is 55.1 Å². The van der Waals surface area contributed by atoms with Crippen LogP contribution < -0.4 is 11.1 Å². The van der Waals surface area contributed by atoms with Crippen LogP contribution in [-0.4, -0.2) is 16.4 Å². The van der Waals surface area contributed by atoms with Crippen molar-refractivity contribution in [2.45, 2.75) is 38.1 Å². The molecule has 2 rings (SSSR count). The third kappa shape index (κ3) is 2.82. The molecule has 1 aliphatic rings. The van der Waals surface area contributed by atoms with Crippen LogP contribution in [0.5, 0.6) is 0 Å². The number of rotatable bonds is 3. The number of amides is 1. The highest BCUT2D eigenvalue weighted by Gasteiger charge is 2.38. The molecule has 19 heavy (non-hydrogen) atoms. The molecule has 1 fully saturated rings. The molecule has 1 aliphatic carbocycles. The summed E-state index contributed by atoms with van der Waals surface area (Å²) >= 11 is 8.61. The van der Waals surface area contributed by atoms with E-state index in [-0.39, 0.29) is 5.91 Å². The van der Waals surface area contributed by atoms with Gasteiger partial charge in [0.1, 0.15) is 0 Å². The summed E-state index contributed by atoms with van der Waals surface area (Å²) in [6.45, 7) is 1.96. The van der Waals surface area contributed by atoms with Crippen molar-refractivity contribution in [3.05, 3.63) is 33.8 Å². The van der Waals surface area contributed by atoms with Gasteiger partial charge in [-0.15, -0.1) is 0 Å². The summed E-state index contributed by atoms with van der Waals surface area (Å²) in [6, 6.07) is 5.63. The molecular weight excluding hydrogens is 324 g/mol. The first-order chi connectivity index (χ1) is 8.96. The molecule has 0 unspecified atom stereocenters. The highest BCUT2D eigenvalue weighted by atomic mass is 79.9. The largest absolute Gasteiger partial charge is 0.391 e. The van der Waals surface area contributed by atoms with E-state index in [2.05, 4.69) is 21.2 Å². The van der Waals surface area contributed by atoms with E-state index < -0.39 is 5.54 Å². The summed E-state index contributed by atoms with van der Waals surface area (Å²) < 4.78 is 0.823. The molecule has 5 heteroatoms. The second-order valence-corrected chi connectivity index (χ2v) is 6.28. The average molecular weight is 341 g/mol. The van der Waals surface area contributed by atoms with Crippen LogP contribution in [0.1, 0.15) is 41.6 Å². The normalized spacial score (nSPS) is 17.2. The minimum atomic E-state index is -0.504. The van der Waals surface area contributed by atoms with Crippen LogP contribution in [0.2, 0.25) is 0 Å². The Bertz CT molecular complexity index is 524. The fraction of sp³-hybridized carbons (Fsp3) is 0.429. The lowest BCUT2D eigenvalue weighted by molar-refractivity contribution is 0.0923. The van der Waals surface area contributed by atoms with Crippen molar-refractivity contribution < 1.29 is 4.79 Å². The second-order valence-electron chi connectivity index (χ2n) is 5.04. The number of hydrogen-bond donors (Lipinski definition) is 2. The number of halogens is 1. The van der Waals surface area contributed by atoms with Crippen molar-refractivity contribution >= 4 is 39.0 Å². The van der Waals surface area contributed by atoms with Gasteiger partial charge in [0, 0.05) is 4.47 Å². The molecule has 0 spiro atoms. The van der Waals surface area contributed by atoms with E-state index in [1.54, 1.807) is 6.07 Å². The zero-order chi connectivity index (χ0) is 14.0. The highest BCUT2D eigenvalue weighted by molar-refractivity contribution is 9.10. The van der Waals surface area contributed by atoms with Gasteiger partial charge in [0.2, 0.25) is 0 Å². The SMILES string of the molecule is Cc1cccc(C(=O)NC2(C(N)=S)CCCC2)c1Br. The number of nitrogens with one attached hydrogen (secondary N) is 1. The molecule has 0 saturated heterocycles. The summed E-state index contributed by atoms with van der Waals surface area (Å²) in [5.74, 6) is -0.120. The molecule has 0 aromatic heterocycles. The summed E-state index contributed by atoms with van der Waals surface area (Å²) in [7, 11) is 0. The first-order valence-electron chi connectivity index (χ1n) is 6.34. The Kier molecular flexibility index (Phi) is 4.26. The quantitative estimate of drug-likeness (QED) is 0.831. The van der Waals surface area contributed by atoms with Crippen LogP contribution in [0, 0.1) is 6.92 Å². The van der Waals surface area contributed by atoms with Gasteiger partial charge in [0.15, 0.2) is 0 Å². The van der Waals surface area contributed by atoms with Crippen molar-refractivity contribution in [3.63, 3.8) is 0 Å². The van der Waals surface area contributed by atoms with Crippen molar-refractivity contribution in [3.8, 4) is 0 Å². The Hall–Kier alpha value is -0.940. The fourth-order valence-electron chi connectivity index (χ4n) is 2.52. The average Bonchev–Trinajstić information content (AvgIpc) is 2.82. The Morgan fingerprint density at radius 2 is 2.05 bits per heavy atom. The number of aryl methyl sites for hydroxylation is 1. The third-order valence-corrected chi connectivity index (χ3v) is 5.16. The van der Waals surface area contributed by atoms with Gasteiger partial charge in [-0.2, -0.15) is 0 Å². The van der Waals surface area contributed by atoms with Gasteiger partial charge in [-0.05, 0) is 47.3 Å². The first-order valence-corrected chi connectivity index (χ1v) is 7.54. The number of carbonyl (C=O) groups is 1. The van der Waals surface area contributed by atoms with Gasteiger partial charge >= 0.3 is 0 Å². The maximum Gasteiger partial charge on any atom is 0.253 e. The lowest BCUT2D eigenvalue weighted by Crippen LogP contribution is -2.54. The van der Waals surface area contributed by atoms with E-state index in [9.17, 15) is 4.79 Å². The van der Waals surface area contributed by atoms with Crippen LogP contribution in [0.4, 0.5) is 0 Å². The zero-order valence-corrected chi connectivity index (χ0v) is 13.2. The molecular formula is C14H17BrN2OS. The molecule has 1 amide bonds. The van der Waals surface area contributed by atoms with Gasteiger partial charge in [-0.1, -0.05) is 37.2 Å². The molecule has 1 aromatic rings. The van der Waals surface area contributed by atoms with Gasteiger partial charge in [-0.25, -0.2) is 0 Å². The van der Waals surface area contributed by atoms with Crippen LogP contribution >= 0.6 is 28.1 Å². The molecule has 3 nitrogen and oxygen atoms in total. The molecule has 0 radical (unpaired) electrons. The predicted molar refractivity (Wildman–Crippen MR) is 84.3 cm³/mol. The summed E-state index contributed by atoms with van der Waals surface area (Å²) in [6.07, 6.45) is 3.76. The van der Waals surface area contributed by atoms with Crippen molar-refractivity contribution in [1.82, 2.24) is 5.32 Å². The van der Waals surface area contributed by atoms with Gasteiger partial charge in [-0.3, -0.25) is 4.79 Å². The zero-order valence-electron chi connectivity index (χ0n) is 10.8. The smallest absolute Gasteiger partial charge is 0.253 e. The van der Waals surface area contributed by atoms with E-state index in [4.69, 9.17) is 18.0 Å². The highest BCUT2D eigenvalue weighted by Crippen LogP contribution is 2.31. The standard InChI is InChI=1S/C14H17BrN2OS/c1-9-5-4-6-10(11(9)15)12(18)17-14(13(16)19)7-2-3-8-14/h4-6H,2-3,7-8H2,1H3,(H2,16,19)(H,17,18). The number of nitrogens with two attached hydrogens (primary N) is 1. The van der Waals surface area contributed by atoms with Crippen LogP contribution in [0.3, 0.4) is 0 Å². The van der Waals surface area contributed by atoms with E-state index in [0.29, 0.717) is 10.6 Å². The Labute approximate surface area is 127 Å². The third-order valence-electron chi connectivity index (χ3n) is 3.72. The van der Waals surface area contributed by atoms with Gasteiger partial charge in [0.25, 0.3) is 5.91 Å². The van der Waals surface area contributed by atoms with E-state index in [1.807, 2.05) is 19.1 Å². The molecule has 0 bridgehead atoms. The number of carbonyl (C=O) groups excluding carboxylic acids is 1. The van der Waals surface area contributed by atoms with E-state index in [1.165, 1.54) is 0 Å². The van der Waals surface area contributed by atoms with Crippen LogP contribution in [0.15, 0.2) is 22.7 Å². The lowest BCUT2D eigenvalue weighted by Gasteiger charge is -2.29. The molecule has 0 atom stereocenters. The minimum absolute atomic E-state index is 0.120. The lowest BCUT2D eigenvalue weighted by atomic mass is 9.96. The van der Waals surface area contributed by atoms with Gasteiger partial charge in [0.05, 0.1) is 16.1 Å². The first kappa shape index (κ1) is 14.5. The molecule has 0 heterocycles. The number of benzene rings is 1. The van der Waals surface area contributed by atoms with Crippen molar-refractivity contribution in [2.75, 3.05) is 0 Å². The minimum Gasteiger partial charge on any atom is -0.391 e. The summed E-state index contributed by atoms with van der Waals surface area (Å²) in [4.78, 5) is 12.8. The van der Waals surface area contributed by atoms with Gasteiger partial charge < -0.3 is 11.1 Å². The molecule has 0 aliphatic heterocycles. The fourth-order valence-corrected chi connectivity index (χ4v) is 3.22. The number of hydrogen-bond acceptors (Lipinski definition) is 2. The monoisotopic (exact) mass is 340 g/mol. The molecule has 1 aromatic carbocycles. The van der Waals surface area contributed by atoms with Crippen molar-refractivity contribution in [2.24, 2.45) is 5.73 Å². The Morgan fingerprint density at radius 1 is 1.42 bits per heavy atom. The van der Waals surface area contributed by atoms with Crippen molar-refractivity contribution in [1.29, 1.82) is 0 Å². The van der Waals surface area contributed by atoms with Crippen LogP contribution in [-0.2, 0) is 0 Å².